The molecule has 0 spiro atoms. The first kappa shape index (κ1) is 15.7. The van der Waals surface area contributed by atoms with Crippen molar-refractivity contribution < 1.29 is 5.11 Å². The first-order valence-corrected chi connectivity index (χ1v) is 7.83. The number of β-amino-alcohol motifs (C(OH)–C–C–N with tert-alkyl or cyclic N) is 1. The largest absolute Gasteiger partial charge is 0.382 e. The van der Waals surface area contributed by atoms with Crippen LogP contribution in [0.3, 0.4) is 0 Å². The number of rotatable bonds is 4. The molecule has 1 aliphatic rings. The third kappa shape index (κ3) is 3.00. The van der Waals surface area contributed by atoms with Crippen molar-refractivity contribution in [2.45, 2.75) is 38.5 Å². The van der Waals surface area contributed by atoms with Crippen molar-refractivity contribution >= 4 is 0 Å². The number of likely N-dealkylation sites (tertiary alicyclic amines) is 1. The Kier molecular flexibility index (Phi) is 3.96. The highest BCUT2D eigenvalue weighted by atomic mass is 16.3. The third-order valence-electron chi connectivity index (χ3n) is 4.43. The average molecular weight is 314 g/mol. The van der Waals surface area contributed by atoms with Crippen molar-refractivity contribution in [2.24, 2.45) is 7.05 Å². The molecule has 0 amide bonds. The first-order valence-electron chi connectivity index (χ1n) is 7.83. The van der Waals surface area contributed by atoms with Crippen molar-refractivity contribution in [1.29, 1.82) is 5.26 Å². The molecule has 0 unspecified atom stereocenters. The van der Waals surface area contributed by atoms with Gasteiger partial charge < -0.3 is 9.67 Å². The van der Waals surface area contributed by atoms with E-state index in [-0.39, 0.29) is 6.04 Å². The zero-order valence-corrected chi connectivity index (χ0v) is 13.8. The van der Waals surface area contributed by atoms with Crippen molar-refractivity contribution in [3.8, 4) is 6.07 Å². The maximum atomic E-state index is 10.9. The summed E-state index contributed by atoms with van der Waals surface area (Å²) < 4.78 is 3.60. The second kappa shape index (κ2) is 5.80. The number of hydrogen-bond donors (Lipinski definition) is 1. The molecule has 3 rings (SSSR count). The van der Waals surface area contributed by atoms with Crippen LogP contribution in [0.2, 0.25) is 0 Å². The van der Waals surface area contributed by atoms with Gasteiger partial charge in [-0.15, -0.1) is 5.10 Å². The monoisotopic (exact) mass is 314 g/mol. The molecule has 0 saturated carbocycles. The summed E-state index contributed by atoms with van der Waals surface area (Å²) in [6.07, 6.45) is 4.44. The smallest absolute Gasteiger partial charge is 0.124 e. The second-order valence-electron chi connectivity index (χ2n) is 6.63. The second-order valence-corrected chi connectivity index (χ2v) is 6.63. The van der Waals surface area contributed by atoms with Gasteiger partial charge in [0.25, 0.3) is 0 Å². The summed E-state index contributed by atoms with van der Waals surface area (Å²) in [5, 5.41) is 28.2. The molecule has 0 bridgehead atoms. The van der Waals surface area contributed by atoms with E-state index >= 15 is 0 Å². The fourth-order valence-electron chi connectivity index (χ4n) is 3.05. The van der Waals surface area contributed by atoms with Gasteiger partial charge in [0.05, 0.1) is 6.20 Å². The first-order chi connectivity index (χ1) is 10.9. The topological polar surface area (TPSA) is 82.9 Å². The lowest BCUT2D eigenvalue weighted by molar-refractivity contribution is 0.0408. The third-order valence-corrected chi connectivity index (χ3v) is 4.43. The minimum absolute atomic E-state index is 0.228. The normalized spacial score (nSPS) is 21.9. The van der Waals surface area contributed by atoms with Crippen LogP contribution in [0.25, 0.3) is 0 Å². The van der Waals surface area contributed by atoms with Gasteiger partial charge in [-0.3, -0.25) is 4.90 Å². The summed E-state index contributed by atoms with van der Waals surface area (Å²) >= 11 is 0. The van der Waals surface area contributed by atoms with E-state index in [1.165, 1.54) is 0 Å². The number of nitriles is 1. The molecule has 0 aliphatic carbocycles. The van der Waals surface area contributed by atoms with E-state index in [2.05, 4.69) is 21.3 Å². The number of aryl methyl sites for hydroxylation is 1. The number of aromatic nitrogens is 4. The summed E-state index contributed by atoms with van der Waals surface area (Å²) in [6, 6.07) is 4.29. The van der Waals surface area contributed by atoms with E-state index < -0.39 is 5.60 Å². The molecule has 3 heterocycles. The van der Waals surface area contributed by atoms with Crippen LogP contribution in [0.4, 0.5) is 0 Å². The number of hydrogen-bond acceptors (Lipinski definition) is 5. The molecule has 23 heavy (non-hydrogen) atoms. The van der Waals surface area contributed by atoms with Gasteiger partial charge in [-0.2, -0.15) is 5.26 Å². The van der Waals surface area contributed by atoms with Crippen LogP contribution in [0.1, 0.15) is 43.3 Å². The molecule has 1 atom stereocenters. The fraction of sp³-hybridized carbons (Fsp3) is 0.562. The molecule has 7 nitrogen and oxygen atoms in total. The van der Waals surface area contributed by atoms with E-state index in [9.17, 15) is 5.11 Å². The fourth-order valence-corrected chi connectivity index (χ4v) is 3.05. The molecule has 1 fully saturated rings. The van der Waals surface area contributed by atoms with Crippen LogP contribution in [0.15, 0.2) is 18.5 Å². The Morgan fingerprint density at radius 3 is 2.83 bits per heavy atom. The molecule has 0 radical (unpaired) electrons. The Morgan fingerprint density at radius 2 is 2.22 bits per heavy atom. The number of nitrogens with zero attached hydrogens (tertiary/aromatic N) is 6. The van der Waals surface area contributed by atoms with Crippen molar-refractivity contribution in [3.63, 3.8) is 0 Å². The maximum Gasteiger partial charge on any atom is 0.124 e. The van der Waals surface area contributed by atoms with Gasteiger partial charge in [0.15, 0.2) is 0 Å². The quantitative estimate of drug-likeness (QED) is 0.916. The molecule has 1 N–H and O–H groups in total. The van der Waals surface area contributed by atoms with E-state index in [0.717, 1.165) is 18.7 Å². The highest BCUT2D eigenvalue weighted by molar-refractivity contribution is 5.28. The lowest BCUT2D eigenvalue weighted by atomic mass is 10.00. The zero-order valence-electron chi connectivity index (χ0n) is 13.8. The Balaban J connectivity index is 1.70. The Morgan fingerprint density at radius 1 is 1.43 bits per heavy atom. The van der Waals surface area contributed by atoms with E-state index in [1.807, 2.05) is 43.9 Å². The summed E-state index contributed by atoms with van der Waals surface area (Å²) in [5.74, 6) is 0. The van der Waals surface area contributed by atoms with Gasteiger partial charge in [0.1, 0.15) is 23.1 Å². The maximum absolute atomic E-state index is 10.9. The minimum atomic E-state index is -0.944. The van der Waals surface area contributed by atoms with Gasteiger partial charge in [-0.05, 0) is 31.9 Å². The van der Waals surface area contributed by atoms with Gasteiger partial charge in [-0.25, -0.2) is 4.68 Å². The molecular weight excluding hydrogens is 292 g/mol. The van der Waals surface area contributed by atoms with Gasteiger partial charge in [0, 0.05) is 38.9 Å². The van der Waals surface area contributed by atoms with Gasteiger partial charge in [0.2, 0.25) is 0 Å². The summed E-state index contributed by atoms with van der Waals surface area (Å²) in [5.41, 5.74) is 1.42. The van der Waals surface area contributed by atoms with Crippen LogP contribution in [0.5, 0.6) is 0 Å². The van der Waals surface area contributed by atoms with Gasteiger partial charge >= 0.3 is 0 Å². The number of aliphatic hydroxyl groups is 1. The molecule has 0 aromatic carbocycles. The Labute approximate surface area is 135 Å². The highest BCUT2D eigenvalue weighted by Crippen LogP contribution is 2.31. The van der Waals surface area contributed by atoms with E-state index in [4.69, 9.17) is 5.26 Å². The predicted octanol–water partition coefficient (Wildman–Crippen LogP) is 1.16. The summed E-state index contributed by atoms with van der Waals surface area (Å²) in [4.78, 5) is 2.19. The predicted molar refractivity (Wildman–Crippen MR) is 84.3 cm³/mol. The van der Waals surface area contributed by atoms with Crippen LogP contribution in [-0.2, 0) is 19.2 Å². The highest BCUT2D eigenvalue weighted by Gasteiger charge is 2.40. The lowest BCUT2D eigenvalue weighted by Crippen LogP contribution is -2.31. The summed E-state index contributed by atoms with van der Waals surface area (Å²) in [6.45, 7) is 6.11. The molecule has 1 saturated heterocycles. The molecule has 1 aliphatic heterocycles. The lowest BCUT2D eigenvalue weighted by Gasteiger charge is -2.20. The van der Waals surface area contributed by atoms with Crippen LogP contribution in [-0.4, -0.2) is 42.7 Å². The van der Waals surface area contributed by atoms with E-state index in [0.29, 0.717) is 24.4 Å². The molecule has 122 valence electrons. The van der Waals surface area contributed by atoms with E-state index in [1.54, 1.807) is 4.68 Å². The van der Waals surface area contributed by atoms with Crippen molar-refractivity contribution in [1.82, 2.24) is 24.5 Å². The molecule has 2 aromatic heterocycles. The van der Waals surface area contributed by atoms with Crippen molar-refractivity contribution in [3.05, 3.63) is 35.4 Å². The average Bonchev–Trinajstić information content (AvgIpc) is 3.19. The standard InChI is InChI=1S/C16H22N6O/c1-12(2)22-10-15(18-19-22)16(23)4-5-21(11-16)9-13-6-14(7-17)20(3)8-13/h6,8,10,12,23H,4-5,9,11H2,1-3H3/t16-/m0/s1. The molecular formula is C16H22N6O. The van der Waals surface area contributed by atoms with Gasteiger partial charge in [-0.1, -0.05) is 5.21 Å². The van der Waals surface area contributed by atoms with Crippen LogP contribution >= 0.6 is 0 Å². The zero-order chi connectivity index (χ0) is 16.6. The van der Waals surface area contributed by atoms with Crippen LogP contribution in [0, 0.1) is 11.3 Å². The molecule has 7 heteroatoms. The Bertz CT molecular complexity index is 740. The van der Waals surface area contributed by atoms with Crippen LogP contribution < -0.4 is 0 Å². The Hall–Kier alpha value is -2.17. The molecule has 2 aromatic rings. The summed E-state index contributed by atoms with van der Waals surface area (Å²) in [7, 11) is 1.87. The van der Waals surface area contributed by atoms with Crippen molar-refractivity contribution in [2.75, 3.05) is 13.1 Å². The SMILES string of the molecule is CC(C)n1cc([C@]2(O)CCN(Cc3cc(C#N)n(C)c3)C2)nn1. The minimum Gasteiger partial charge on any atom is -0.382 e.